The highest BCUT2D eigenvalue weighted by Crippen LogP contribution is 2.14. The van der Waals surface area contributed by atoms with E-state index in [1.165, 1.54) is 180 Å². The van der Waals surface area contributed by atoms with Crippen molar-refractivity contribution in [3.8, 4) is 0 Å². The van der Waals surface area contributed by atoms with Crippen LogP contribution < -0.4 is 0 Å². The molecule has 0 saturated heterocycles. The van der Waals surface area contributed by atoms with E-state index in [0.29, 0.717) is 12.8 Å². The van der Waals surface area contributed by atoms with Crippen molar-refractivity contribution in [2.24, 2.45) is 0 Å². The predicted octanol–water partition coefficient (Wildman–Crippen LogP) is 14.6. The van der Waals surface area contributed by atoms with Crippen LogP contribution in [0.25, 0.3) is 0 Å². The summed E-state index contributed by atoms with van der Waals surface area (Å²) in [5.74, 6) is -1.32. The summed E-state index contributed by atoms with van der Waals surface area (Å²) in [6.45, 7) is 4.53. The second-order valence-electron chi connectivity index (χ2n) is 13.6. The van der Waals surface area contributed by atoms with E-state index >= 15 is 0 Å². The van der Waals surface area contributed by atoms with Crippen LogP contribution in [0.1, 0.15) is 232 Å². The van der Waals surface area contributed by atoms with Gasteiger partial charge >= 0.3 is 11.9 Å². The van der Waals surface area contributed by atoms with Gasteiger partial charge in [0.05, 0.1) is 0 Å². The van der Waals surface area contributed by atoms with Gasteiger partial charge in [-0.15, -0.1) is 0 Å². The Morgan fingerprint density at radius 1 is 0.326 bits per heavy atom. The highest BCUT2D eigenvalue weighted by molar-refractivity contribution is 5.66. The Kier molecular flexibility index (Phi) is 43.9. The van der Waals surface area contributed by atoms with Crippen LogP contribution in [-0.2, 0) is 9.59 Å². The molecule has 0 atom stereocenters. The van der Waals surface area contributed by atoms with Crippen LogP contribution in [0.15, 0.2) is 24.3 Å². The van der Waals surface area contributed by atoms with E-state index in [-0.39, 0.29) is 0 Å². The van der Waals surface area contributed by atoms with Gasteiger partial charge in [-0.05, 0) is 64.2 Å². The largest absolute Gasteiger partial charge is 0.481 e. The fraction of sp³-hybridized carbons (Fsp3) is 0.857. The van der Waals surface area contributed by atoms with Crippen molar-refractivity contribution in [2.45, 2.75) is 232 Å². The summed E-state index contributed by atoms with van der Waals surface area (Å²) in [4.78, 5) is 20.7. The minimum atomic E-state index is -0.661. The number of carbonyl (C=O) groups is 2. The fourth-order valence-electron chi connectivity index (χ4n) is 5.75. The van der Waals surface area contributed by atoms with Crippen LogP contribution in [0.4, 0.5) is 0 Å². The van der Waals surface area contributed by atoms with Crippen LogP contribution in [0.2, 0.25) is 0 Å². The molecule has 0 aliphatic rings. The number of rotatable bonds is 36. The molecule has 0 radical (unpaired) electrons. The third-order valence-corrected chi connectivity index (χ3v) is 8.80. The minimum Gasteiger partial charge on any atom is -0.481 e. The fourth-order valence-corrected chi connectivity index (χ4v) is 5.75. The van der Waals surface area contributed by atoms with Gasteiger partial charge < -0.3 is 10.2 Å². The van der Waals surface area contributed by atoms with Crippen LogP contribution in [0, 0.1) is 0 Å². The number of carboxylic acids is 2. The second kappa shape index (κ2) is 43.4. The monoisotopic (exact) mass is 649 g/mol. The second-order valence-corrected chi connectivity index (χ2v) is 13.6. The van der Waals surface area contributed by atoms with E-state index in [1.54, 1.807) is 0 Å². The first kappa shape index (κ1) is 46.5. The molecular formula is C42H80O4. The lowest BCUT2D eigenvalue weighted by molar-refractivity contribution is -0.138. The molecule has 0 fully saturated rings. The number of hydrogen-bond acceptors (Lipinski definition) is 2. The van der Waals surface area contributed by atoms with Gasteiger partial charge in [-0.1, -0.05) is 179 Å². The molecule has 0 aromatic rings. The average molecular weight is 649 g/mol. The average Bonchev–Trinajstić information content (AvgIpc) is 3.03. The lowest BCUT2D eigenvalue weighted by Crippen LogP contribution is -1.93. The molecule has 0 saturated carbocycles. The van der Waals surface area contributed by atoms with Gasteiger partial charge in [-0.3, -0.25) is 9.59 Å². The van der Waals surface area contributed by atoms with Crippen molar-refractivity contribution in [3.05, 3.63) is 24.3 Å². The van der Waals surface area contributed by atoms with Crippen molar-refractivity contribution >= 4 is 11.9 Å². The van der Waals surface area contributed by atoms with Gasteiger partial charge in [-0.25, -0.2) is 0 Å². The molecule has 4 heteroatoms. The quantitative estimate of drug-likeness (QED) is 0.0523. The third-order valence-electron chi connectivity index (χ3n) is 8.80. The molecule has 0 unspecified atom stereocenters. The van der Waals surface area contributed by atoms with E-state index in [4.69, 9.17) is 10.2 Å². The summed E-state index contributed by atoms with van der Waals surface area (Å²) in [5, 5.41) is 17.1. The molecular weight excluding hydrogens is 568 g/mol. The summed E-state index contributed by atoms with van der Waals surface area (Å²) in [6.07, 6.45) is 51.3. The zero-order valence-corrected chi connectivity index (χ0v) is 31.1. The predicted molar refractivity (Wildman–Crippen MR) is 202 cm³/mol. The number of unbranched alkanes of at least 4 members (excludes halogenated alkanes) is 28. The molecule has 46 heavy (non-hydrogen) atoms. The van der Waals surface area contributed by atoms with Crippen LogP contribution in [0.3, 0.4) is 0 Å². The summed E-state index contributed by atoms with van der Waals surface area (Å²) < 4.78 is 0. The maximum atomic E-state index is 10.4. The normalized spacial score (nSPS) is 11.3. The molecule has 0 aliphatic carbocycles. The van der Waals surface area contributed by atoms with E-state index < -0.39 is 11.9 Å². The maximum Gasteiger partial charge on any atom is 0.303 e. The van der Waals surface area contributed by atoms with Gasteiger partial charge in [0.15, 0.2) is 0 Å². The summed E-state index contributed by atoms with van der Waals surface area (Å²) in [6, 6.07) is 0. The van der Waals surface area contributed by atoms with E-state index in [9.17, 15) is 9.59 Å². The lowest BCUT2D eigenvalue weighted by atomic mass is 10.0. The molecule has 0 bridgehead atoms. The first-order valence-electron chi connectivity index (χ1n) is 20.3. The molecule has 0 rings (SSSR count). The first-order chi connectivity index (χ1) is 22.5. The standard InChI is InChI=1S/C24H46O2.C18H34O2/c1-2-3-4-5-6-7-8-9-10-11-12-13-14-15-16-17-18-19-20-21-22-23-24(25)26;1-2-3-4-5-6-7-8-9-10-11-12-13-14-15-16-17-18(19)20/h9-10H,2-8,11-23H2,1H3,(H,25,26);7-8H,2-6,9-17H2,1H3,(H,19,20)/b10-9-;8-7+. The van der Waals surface area contributed by atoms with E-state index in [1.807, 2.05) is 0 Å². The Balaban J connectivity index is 0. The van der Waals surface area contributed by atoms with Crippen molar-refractivity contribution in [1.29, 1.82) is 0 Å². The highest BCUT2D eigenvalue weighted by atomic mass is 16.4. The topological polar surface area (TPSA) is 74.6 Å². The van der Waals surface area contributed by atoms with Crippen molar-refractivity contribution in [1.82, 2.24) is 0 Å². The molecule has 0 aromatic carbocycles. The molecule has 0 spiro atoms. The Bertz CT molecular complexity index is 654. The number of carboxylic acid groups (broad SMARTS) is 2. The molecule has 272 valence electrons. The minimum absolute atomic E-state index is 0.336. The van der Waals surface area contributed by atoms with Gasteiger partial charge in [0, 0.05) is 12.8 Å². The number of aliphatic carboxylic acids is 2. The summed E-state index contributed by atoms with van der Waals surface area (Å²) >= 11 is 0. The summed E-state index contributed by atoms with van der Waals surface area (Å²) in [7, 11) is 0. The summed E-state index contributed by atoms with van der Waals surface area (Å²) in [5.41, 5.74) is 0. The van der Waals surface area contributed by atoms with Crippen LogP contribution in [-0.4, -0.2) is 22.2 Å². The Labute approximate surface area is 287 Å². The van der Waals surface area contributed by atoms with Gasteiger partial charge in [0.2, 0.25) is 0 Å². The van der Waals surface area contributed by atoms with Gasteiger partial charge in [0.25, 0.3) is 0 Å². The van der Waals surface area contributed by atoms with Crippen molar-refractivity contribution in [2.75, 3.05) is 0 Å². The number of allylic oxidation sites excluding steroid dienone is 4. The molecule has 0 amide bonds. The Morgan fingerprint density at radius 3 is 0.761 bits per heavy atom. The molecule has 4 nitrogen and oxygen atoms in total. The maximum absolute atomic E-state index is 10.4. The lowest BCUT2D eigenvalue weighted by Gasteiger charge is -2.02. The highest BCUT2D eigenvalue weighted by Gasteiger charge is 1.98. The van der Waals surface area contributed by atoms with E-state index in [0.717, 1.165) is 25.7 Å². The number of hydrogen-bond donors (Lipinski definition) is 2. The third kappa shape index (κ3) is 49.3. The molecule has 0 aliphatic heterocycles. The zero-order valence-electron chi connectivity index (χ0n) is 31.1. The van der Waals surface area contributed by atoms with Gasteiger partial charge in [0.1, 0.15) is 0 Å². The van der Waals surface area contributed by atoms with Gasteiger partial charge in [-0.2, -0.15) is 0 Å². The molecule has 0 heterocycles. The Hall–Kier alpha value is -1.58. The molecule has 0 aromatic heterocycles. The van der Waals surface area contributed by atoms with Crippen molar-refractivity contribution < 1.29 is 19.8 Å². The smallest absolute Gasteiger partial charge is 0.303 e. The van der Waals surface area contributed by atoms with Crippen LogP contribution in [0.5, 0.6) is 0 Å². The first-order valence-corrected chi connectivity index (χ1v) is 20.3. The Morgan fingerprint density at radius 2 is 0.522 bits per heavy atom. The SMILES string of the molecule is CCCCCC/C=C/CCCCCCCCCC(=O)O.CCCCCCCC/C=C\CCCCCCCCCCCCCC(=O)O. The zero-order chi connectivity index (χ0) is 34.0. The van der Waals surface area contributed by atoms with E-state index in [2.05, 4.69) is 38.2 Å². The van der Waals surface area contributed by atoms with Crippen molar-refractivity contribution in [3.63, 3.8) is 0 Å². The molecule has 2 N–H and O–H groups in total. The van der Waals surface area contributed by atoms with Crippen LogP contribution >= 0.6 is 0 Å².